The summed E-state index contributed by atoms with van der Waals surface area (Å²) in [6, 6.07) is 10.4. The van der Waals surface area contributed by atoms with Crippen LogP contribution in [0.3, 0.4) is 0 Å². The highest BCUT2D eigenvalue weighted by Gasteiger charge is 2.36. The Labute approximate surface area is 127 Å². The Morgan fingerprint density at radius 3 is 2.62 bits per heavy atom. The van der Waals surface area contributed by atoms with Crippen molar-refractivity contribution in [3.63, 3.8) is 0 Å². The summed E-state index contributed by atoms with van der Waals surface area (Å²) in [6.45, 7) is 6.32. The standard InChI is InChI=1S/C18H26N2O/c1-18(2,15-6-4-3-5-7-15)17(21)20-16-9-8-13-11-19-12-14(13)10-16/h3-7,13-14,16,19H,8-12H2,1-2H3,(H,20,21)/t13-,14+,16?/m0/s1. The van der Waals surface area contributed by atoms with E-state index in [1.165, 1.54) is 13.0 Å². The smallest absolute Gasteiger partial charge is 0.230 e. The van der Waals surface area contributed by atoms with E-state index in [4.69, 9.17) is 0 Å². The van der Waals surface area contributed by atoms with E-state index in [1.54, 1.807) is 0 Å². The number of carbonyl (C=O) groups excluding carboxylic acids is 1. The molecule has 2 aliphatic rings. The monoisotopic (exact) mass is 286 g/mol. The van der Waals surface area contributed by atoms with E-state index < -0.39 is 5.41 Å². The Morgan fingerprint density at radius 2 is 1.86 bits per heavy atom. The average molecular weight is 286 g/mol. The number of carbonyl (C=O) groups is 1. The summed E-state index contributed by atoms with van der Waals surface area (Å²) in [5, 5.41) is 6.79. The molecular weight excluding hydrogens is 260 g/mol. The molecule has 3 heteroatoms. The quantitative estimate of drug-likeness (QED) is 0.896. The topological polar surface area (TPSA) is 41.1 Å². The lowest BCUT2D eigenvalue weighted by Crippen LogP contribution is -2.47. The highest BCUT2D eigenvalue weighted by Crippen LogP contribution is 2.33. The van der Waals surface area contributed by atoms with E-state index in [1.807, 2.05) is 44.2 Å². The fraction of sp³-hybridized carbons (Fsp3) is 0.611. The number of nitrogens with one attached hydrogen (secondary N) is 2. The second kappa shape index (κ2) is 5.80. The molecule has 0 aromatic heterocycles. The SMILES string of the molecule is CC(C)(C(=O)NC1CC[C@H]2CNC[C@H]2C1)c1ccccc1. The van der Waals surface area contributed by atoms with Gasteiger partial charge >= 0.3 is 0 Å². The Bertz CT molecular complexity index is 497. The summed E-state index contributed by atoms with van der Waals surface area (Å²) >= 11 is 0. The van der Waals surface area contributed by atoms with E-state index in [9.17, 15) is 4.79 Å². The molecule has 1 saturated carbocycles. The molecule has 1 heterocycles. The Kier molecular flexibility index (Phi) is 4.03. The maximum Gasteiger partial charge on any atom is 0.230 e. The lowest BCUT2D eigenvalue weighted by atomic mass is 9.78. The molecule has 2 fully saturated rings. The van der Waals surface area contributed by atoms with Crippen molar-refractivity contribution in [2.75, 3.05) is 13.1 Å². The molecule has 1 unspecified atom stereocenters. The van der Waals surface area contributed by atoms with Crippen LogP contribution in [0, 0.1) is 11.8 Å². The van der Waals surface area contributed by atoms with Crippen LogP contribution in [0.15, 0.2) is 30.3 Å². The zero-order valence-corrected chi connectivity index (χ0v) is 13.1. The molecule has 3 rings (SSSR count). The van der Waals surface area contributed by atoms with Crippen molar-refractivity contribution in [2.45, 2.75) is 44.6 Å². The number of hydrogen-bond donors (Lipinski definition) is 2. The van der Waals surface area contributed by atoms with Crippen LogP contribution in [0.25, 0.3) is 0 Å². The van der Waals surface area contributed by atoms with Gasteiger partial charge in [0.2, 0.25) is 5.91 Å². The van der Waals surface area contributed by atoms with Crippen molar-refractivity contribution in [3.8, 4) is 0 Å². The van der Waals surface area contributed by atoms with Gasteiger partial charge in [-0.3, -0.25) is 4.79 Å². The average Bonchev–Trinajstić information content (AvgIpc) is 2.95. The summed E-state index contributed by atoms with van der Waals surface area (Å²) < 4.78 is 0. The highest BCUT2D eigenvalue weighted by atomic mass is 16.2. The van der Waals surface area contributed by atoms with E-state index in [0.29, 0.717) is 6.04 Å². The maximum absolute atomic E-state index is 12.7. The number of amides is 1. The molecule has 0 bridgehead atoms. The molecule has 1 amide bonds. The number of rotatable bonds is 3. The van der Waals surface area contributed by atoms with Gasteiger partial charge in [0.05, 0.1) is 5.41 Å². The van der Waals surface area contributed by atoms with Gasteiger partial charge in [0.25, 0.3) is 0 Å². The zero-order chi connectivity index (χ0) is 14.9. The third-order valence-corrected chi connectivity index (χ3v) is 5.35. The summed E-state index contributed by atoms with van der Waals surface area (Å²) in [4.78, 5) is 12.7. The van der Waals surface area contributed by atoms with Crippen LogP contribution >= 0.6 is 0 Å². The molecule has 1 aliphatic heterocycles. The van der Waals surface area contributed by atoms with Crippen LogP contribution in [0.5, 0.6) is 0 Å². The molecule has 2 N–H and O–H groups in total. The van der Waals surface area contributed by atoms with Gasteiger partial charge in [-0.05, 0) is 63.6 Å². The fourth-order valence-electron chi connectivity index (χ4n) is 3.78. The predicted molar refractivity (Wildman–Crippen MR) is 85.1 cm³/mol. The van der Waals surface area contributed by atoms with Gasteiger partial charge in [-0.25, -0.2) is 0 Å². The molecule has 0 spiro atoms. The van der Waals surface area contributed by atoms with Gasteiger partial charge in [0.1, 0.15) is 0 Å². The third kappa shape index (κ3) is 2.98. The molecule has 3 nitrogen and oxygen atoms in total. The molecule has 1 saturated heterocycles. The lowest BCUT2D eigenvalue weighted by molar-refractivity contribution is -0.126. The van der Waals surface area contributed by atoms with Crippen LogP contribution in [-0.4, -0.2) is 25.0 Å². The zero-order valence-electron chi connectivity index (χ0n) is 13.1. The van der Waals surface area contributed by atoms with Crippen LogP contribution in [0.1, 0.15) is 38.7 Å². The van der Waals surface area contributed by atoms with Crippen molar-refractivity contribution in [1.82, 2.24) is 10.6 Å². The minimum Gasteiger partial charge on any atom is -0.353 e. The van der Waals surface area contributed by atoms with E-state index in [2.05, 4.69) is 10.6 Å². The molecule has 1 aliphatic carbocycles. The summed E-state index contributed by atoms with van der Waals surface area (Å²) in [5.41, 5.74) is 0.616. The minimum absolute atomic E-state index is 0.156. The first-order chi connectivity index (χ1) is 10.1. The van der Waals surface area contributed by atoms with Crippen molar-refractivity contribution < 1.29 is 4.79 Å². The molecule has 3 atom stereocenters. The fourth-order valence-corrected chi connectivity index (χ4v) is 3.78. The Balaban J connectivity index is 1.63. The number of benzene rings is 1. The Hall–Kier alpha value is -1.35. The Morgan fingerprint density at radius 1 is 1.14 bits per heavy atom. The van der Waals surface area contributed by atoms with Gasteiger partial charge in [0.15, 0.2) is 0 Å². The molecule has 21 heavy (non-hydrogen) atoms. The van der Waals surface area contributed by atoms with Gasteiger partial charge in [0, 0.05) is 6.04 Å². The first kappa shape index (κ1) is 14.6. The van der Waals surface area contributed by atoms with Crippen LogP contribution < -0.4 is 10.6 Å². The van der Waals surface area contributed by atoms with Gasteiger partial charge in [-0.2, -0.15) is 0 Å². The van der Waals surface area contributed by atoms with Crippen molar-refractivity contribution in [1.29, 1.82) is 0 Å². The van der Waals surface area contributed by atoms with Crippen molar-refractivity contribution in [2.24, 2.45) is 11.8 Å². The maximum atomic E-state index is 12.7. The molecular formula is C18H26N2O. The lowest BCUT2D eigenvalue weighted by Gasteiger charge is -2.34. The molecule has 1 aromatic carbocycles. The van der Waals surface area contributed by atoms with Crippen LogP contribution in [0.2, 0.25) is 0 Å². The van der Waals surface area contributed by atoms with E-state index in [-0.39, 0.29) is 5.91 Å². The molecule has 0 radical (unpaired) electrons. The largest absolute Gasteiger partial charge is 0.353 e. The van der Waals surface area contributed by atoms with Crippen molar-refractivity contribution >= 4 is 5.91 Å². The summed E-state index contributed by atoms with van der Waals surface area (Å²) in [5.74, 6) is 1.74. The summed E-state index contributed by atoms with van der Waals surface area (Å²) in [7, 11) is 0. The summed E-state index contributed by atoms with van der Waals surface area (Å²) in [6.07, 6.45) is 3.50. The second-order valence-corrected chi connectivity index (χ2v) is 7.15. The van der Waals surface area contributed by atoms with Gasteiger partial charge < -0.3 is 10.6 Å². The molecule has 114 valence electrons. The second-order valence-electron chi connectivity index (χ2n) is 7.15. The van der Waals surface area contributed by atoms with Gasteiger partial charge in [-0.15, -0.1) is 0 Å². The normalized spacial score (nSPS) is 29.0. The van der Waals surface area contributed by atoms with Crippen molar-refractivity contribution in [3.05, 3.63) is 35.9 Å². The van der Waals surface area contributed by atoms with E-state index in [0.717, 1.165) is 36.8 Å². The first-order valence-electron chi connectivity index (χ1n) is 8.14. The van der Waals surface area contributed by atoms with Gasteiger partial charge in [-0.1, -0.05) is 30.3 Å². The number of fused-ring (bicyclic) bond motifs is 1. The first-order valence-corrected chi connectivity index (χ1v) is 8.14. The van der Waals surface area contributed by atoms with Crippen LogP contribution in [0.4, 0.5) is 0 Å². The third-order valence-electron chi connectivity index (χ3n) is 5.35. The number of hydrogen-bond acceptors (Lipinski definition) is 2. The predicted octanol–water partition coefficient (Wildman–Crippen LogP) is 2.47. The highest BCUT2D eigenvalue weighted by molar-refractivity contribution is 5.87. The molecule has 1 aromatic rings. The minimum atomic E-state index is -0.466. The van der Waals surface area contributed by atoms with E-state index >= 15 is 0 Å². The van der Waals surface area contributed by atoms with Crippen LogP contribution in [-0.2, 0) is 10.2 Å².